The molecule has 7 nitrogen and oxygen atoms in total. The lowest BCUT2D eigenvalue weighted by atomic mass is 10.0. The first-order valence-electron chi connectivity index (χ1n) is 12.4. The van der Waals surface area contributed by atoms with E-state index in [2.05, 4.69) is 10.3 Å². The van der Waals surface area contributed by atoms with Gasteiger partial charge < -0.3 is 10.3 Å². The maximum absolute atomic E-state index is 13.6. The second kappa shape index (κ2) is 10.5. The van der Waals surface area contributed by atoms with Gasteiger partial charge in [-0.2, -0.15) is 0 Å². The van der Waals surface area contributed by atoms with Gasteiger partial charge in [-0.3, -0.25) is 19.1 Å². The van der Waals surface area contributed by atoms with Gasteiger partial charge in [0.15, 0.2) is 17.4 Å². The first-order valence-corrected chi connectivity index (χ1v) is 12.4. The van der Waals surface area contributed by atoms with Crippen LogP contribution in [0.4, 0.5) is 14.5 Å². The zero-order valence-electron chi connectivity index (χ0n) is 21.4. The Labute approximate surface area is 223 Å². The van der Waals surface area contributed by atoms with Crippen molar-refractivity contribution in [1.82, 2.24) is 14.3 Å². The molecule has 39 heavy (non-hydrogen) atoms. The van der Waals surface area contributed by atoms with Crippen molar-refractivity contribution in [2.45, 2.75) is 26.3 Å². The number of Topliss-reactive ketones (excluding diaryl/α,β-unsaturated/α-hetero) is 1. The molecule has 0 radical (unpaired) electrons. The number of benzene rings is 2. The number of H-pyrrole nitrogens is 1. The molecule has 0 bridgehead atoms. The predicted molar refractivity (Wildman–Crippen MR) is 146 cm³/mol. The van der Waals surface area contributed by atoms with E-state index in [1.807, 2.05) is 42.5 Å². The van der Waals surface area contributed by atoms with Crippen LogP contribution in [0.3, 0.4) is 0 Å². The fraction of sp³-hybridized carbons (Fsp3) is 0.167. The number of nitrogens with one attached hydrogen (secondary N) is 2. The van der Waals surface area contributed by atoms with Gasteiger partial charge in [0, 0.05) is 42.3 Å². The summed E-state index contributed by atoms with van der Waals surface area (Å²) >= 11 is 0. The number of allylic oxidation sites excluding steroid dienone is 1. The summed E-state index contributed by atoms with van der Waals surface area (Å²) in [4.78, 5) is 41.5. The third-order valence-corrected chi connectivity index (χ3v) is 6.85. The second-order valence-electron chi connectivity index (χ2n) is 9.40. The van der Waals surface area contributed by atoms with Crippen LogP contribution in [0, 0.1) is 18.6 Å². The number of nitrogens with zero attached hydrogens (tertiary/aromatic N) is 2. The van der Waals surface area contributed by atoms with Gasteiger partial charge in [-0.1, -0.05) is 30.4 Å². The normalized spacial score (nSPS) is 13.8. The highest BCUT2D eigenvalue weighted by molar-refractivity contribution is 6.34. The Balaban J connectivity index is 1.25. The Morgan fingerprint density at radius 3 is 2.62 bits per heavy atom. The van der Waals surface area contributed by atoms with Gasteiger partial charge in [-0.15, -0.1) is 0 Å². The lowest BCUT2D eigenvalue weighted by Gasteiger charge is -2.08. The molecule has 2 aromatic carbocycles. The number of carbonyl (C=O) groups excluding carboxylic acids is 2. The summed E-state index contributed by atoms with van der Waals surface area (Å²) in [6.45, 7) is 1.70. The highest BCUT2D eigenvalue weighted by Crippen LogP contribution is 2.34. The highest BCUT2D eigenvalue weighted by Gasteiger charge is 2.24. The predicted octanol–water partition coefficient (Wildman–Crippen LogP) is 5.32. The van der Waals surface area contributed by atoms with Gasteiger partial charge in [0.1, 0.15) is 5.56 Å². The summed E-state index contributed by atoms with van der Waals surface area (Å²) in [7, 11) is 1.65. The molecule has 0 unspecified atom stereocenters. The number of rotatable bonds is 8. The quantitative estimate of drug-likeness (QED) is 0.240. The largest absolute Gasteiger partial charge is 0.362 e. The van der Waals surface area contributed by atoms with E-state index < -0.39 is 17.2 Å². The number of anilines is 1. The molecule has 4 aromatic rings. The molecule has 1 amide bonds. The molecule has 0 saturated carbocycles. The summed E-state index contributed by atoms with van der Waals surface area (Å²) in [6.07, 6.45) is 7.86. The summed E-state index contributed by atoms with van der Waals surface area (Å²) in [6, 6.07) is 12.9. The van der Waals surface area contributed by atoms with Crippen molar-refractivity contribution in [1.29, 1.82) is 0 Å². The number of aromatic nitrogens is 3. The average molecular weight is 529 g/mol. The standard InChI is InChI=1S/C30H26F2N4O3/c1-18-28(30(39)36(35(18)2)17-20-10-12-24(31)25(32)14-20)27(37)8-4-3-6-19-9-11-22-23(16-21-7-5-13-33-21)29(38)34-26(22)15-19/h3,5-7,9-16,33H,4,8,17H2,1-2H3,(H,34,38)/b6-3+,23-16-. The van der Waals surface area contributed by atoms with Gasteiger partial charge >= 0.3 is 0 Å². The average Bonchev–Trinajstić information content (AvgIpc) is 3.59. The minimum atomic E-state index is -0.992. The van der Waals surface area contributed by atoms with Gasteiger partial charge in [0.25, 0.3) is 11.5 Å². The molecule has 5 rings (SSSR count). The Kier molecular flexibility index (Phi) is 6.98. The molecule has 198 valence electrons. The van der Waals surface area contributed by atoms with Crippen molar-refractivity contribution in [3.8, 4) is 0 Å². The van der Waals surface area contributed by atoms with Crippen LogP contribution in [-0.2, 0) is 18.4 Å². The monoisotopic (exact) mass is 528 g/mol. The van der Waals surface area contributed by atoms with Crippen LogP contribution in [0.2, 0.25) is 0 Å². The second-order valence-corrected chi connectivity index (χ2v) is 9.40. The third kappa shape index (κ3) is 5.16. The lowest BCUT2D eigenvalue weighted by molar-refractivity contribution is -0.110. The number of fused-ring (bicyclic) bond motifs is 1. The van der Waals surface area contributed by atoms with Crippen molar-refractivity contribution >= 4 is 35.1 Å². The maximum atomic E-state index is 13.6. The molecule has 2 N–H and O–H groups in total. The number of carbonyl (C=O) groups is 2. The zero-order valence-corrected chi connectivity index (χ0v) is 21.4. The molecule has 1 aliphatic rings. The van der Waals surface area contributed by atoms with E-state index in [0.29, 0.717) is 23.3 Å². The number of halogens is 2. The summed E-state index contributed by atoms with van der Waals surface area (Å²) in [5.74, 6) is -2.41. The Bertz CT molecular complexity index is 1710. The van der Waals surface area contributed by atoms with Crippen LogP contribution in [-0.4, -0.2) is 26.0 Å². The summed E-state index contributed by atoms with van der Waals surface area (Å²) in [5, 5.41) is 2.89. The minimum Gasteiger partial charge on any atom is -0.362 e. The van der Waals surface area contributed by atoms with E-state index in [-0.39, 0.29) is 30.2 Å². The van der Waals surface area contributed by atoms with Crippen molar-refractivity contribution in [3.05, 3.63) is 116 Å². The topological polar surface area (TPSA) is 88.9 Å². The van der Waals surface area contributed by atoms with E-state index in [1.54, 1.807) is 30.9 Å². The van der Waals surface area contributed by atoms with Crippen LogP contribution in [0.1, 0.15) is 51.3 Å². The van der Waals surface area contributed by atoms with Crippen molar-refractivity contribution in [3.63, 3.8) is 0 Å². The minimum absolute atomic E-state index is 0.0112. The van der Waals surface area contributed by atoms with Crippen LogP contribution >= 0.6 is 0 Å². The van der Waals surface area contributed by atoms with Crippen LogP contribution in [0.5, 0.6) is 0 Å². The molecule has 0 aliphatic carbocycles. The smallest absolute Gasteiger partial charge is 0.278 e. The molecule has 2 aromatic heterocycles. The molecule has 3 heterocycles. The number of aromatic amines is 1. The first kappa shape index (κ1) is 25.8. The molecule has 9 heteroatoms. The zero-order chi connectivity index (χ0) is 27.7. The highest BCUT2D eigenvalue weighted by atomic mass is 19.2. The Hall–Kier alpha value is -4.79. The number of hydrogen-bond donors (Lipinski definition) is 2. The van der Waals surface area contributed by atoms with Crippen molar-refractivity contribution in [2.24, 2.45) is 7.05 Å². The lowest BCUT2D eigenvalue weighted by Crippen LogP contribution is -2.25. The molecule has 0 atom stereocenters. The molecule has 0 spiro atoms. The first-order chi connectivity index (χ1) is 18.7. The summed E-state index contributed by atoms with van der Waals surface area (Å²) in [5.41, 5.74) is 4.38. The van der Waals surface area contributed by atoms with E-state index in [0.717, 1.165) is 34.6 Å². The van der Waals surface area contributed by atoms with Crippen LogP contribution in [0.25, 0.3) is 17.7 Å². The molecular weight excluding hydrogens is 502 g/mol. The third-order valence-electron chi connectivity index (χ3n) is 6.85. The number of hydrogen-bond acceptors (Lipinski definition) is 3. The van der Waals surface area contributed by atoms with Gasteiger partial charge in [-0.25, -0.2) is 13.5 Å². The summed E-state index contributed by atoms with van der Waals surface area (Å²) < 4.78 is 29.8. The molecule has 1 aliphatic heterocycles. The van der Waals surface area contributed by atoms with E-state index in [1.165, 1.54) is 10.7 Å². The van der Waals surface area contributed by atoms with E-state index in [4.69, 9.17) is 0 Å². The SMILES string of the molecule is Cc1c(C(=O)CC/C=C/c2ccc3c(c2)NC(=O)/C3=C\c2ccc[nH]2)c(=O)n(Cc2ccc(F)c(F)c2)n1C. The number of ketones is 1. The van der Waals surface area contributed by atoms with E-state index >= 15 is 0 Å². The fourth-order valence-electron chi connectivity index (χ4n) is 4.68. The molecular formula is C30H26F2N4O3. The van der Waals surface area contributed by atoms with Crippen molar-refractivity contribution in [2.75, 3.05) is 5.32 Å². The van der Waals surface area contributed by atoms with Gasteiger partial charge in [-0.05, 0) is 60.9 Å². The van der Waals surface area contributed by atoms with E-state index in [9.17, 15) is 23.2 Å². The van der Waals surface area contributed by atoms with Gasteiger partial charge in [0.2, 0.25) is 0 Å². The molecule has 0 fully saturated rings. The number of amides is 1. The fourth-order valence-corrected chi connectivity index (χ4v) is 4.68. The molecule has 0 saturated heterocycles. The van der Waals surface area contributed by atoms with Crippen molar-refractivity contribution < 1.29 is 18.4 Å². The van der Waals surface area contributed by atoms with Gasteiger partial charge in [0.05, 0.1) is 12.1 Å². The van der Waals surface area contributed by atoms with Crippen LogP contribution < -0.4 is 10.9 Å². The Morgan fingerprint density at radius 2 is 1.87 bits per heavy atom. The van der Waals surface area contributed by atoms with Crippen LogP contribution in [0.15, 0.2) is 65.6 Å². The maximum Gasteiger partial charge on any atom is 0.278 e. The Morgan fingerprint density at radius 1 is 1.05 bits per heavy atom.